The summed E-state index contributed by atoms with van der Waals surface area (Å²) in [5.41, 5.74) is 8.69. The molecule has 0 bridgehead atoms. The van der Waals surface area contributed by atoms with Crippen molar-refractivity contribution in [1.82, 2.24) is 9.78 Å². The number of methoxy groups -OCH3 is 1. The Hall–Kier alpha value is -3.07. The van der Waals surface area contributed by atoms with Crippen molar-refractivity contribution in [2.75, 3.05) is 12.8 Å². The first-order chi connectivity index (χ1) is 11.4. The Balaban J connectivity index is 2.00. The molecule has 1 aliphatic rings. The molecule has 1 saturated carbocycles. The van der Waals surface area contributed by atoms with Gasteiger partial charge in [-0.25, -0.2) is 9.64 Å². The van der Waals surface area contributed by atoms with Gasteiger partial charge < -0.3 is 10.5 Å². The zero-order valence-corrected chi connectivity index (χ0v) is 13.7. The molecule has 24 heavy (non-hydrogen) atoms. The van der Waals surface area contributed by atoms with Crippen LogP contribution in [0.5, 0.6) is 0 Å². The van der Waals surface area contributed by atoms with Crippen LogP contribution in [0.4, 0.5) is 11.5 Å². The zero-order valence-electron chi connectivity index (χ0n) is 13.7. The predicted octanol–water partition coefficient (Wildman–Crippen LogP) is 3.38. The summed E-state index contributed by atoms with van der Waals surface area (Å²) in [5.74, 6) is -0.0668. The van der Waals surface area contributed by atoms with Crippen molar-refractivity contribution in [3.63, 3.8) is 0 Å². The first-order valence-electron chi connectivity index (χ1n) is 7.56. The van der Waals surface area contributed by atoms with Crippen LogP contribution in [0.2, 0.25) is 0 Å². The van der Waals surface area contributed by atoms with E-state index in [-0.39, 0.29) is 11.1 Å². The van der Waals surface area contributed by atoms with Crippen molar-refractivity contribution in [3.05, 3.63) is 47.8 Å². The molecule has 2 aromatic rings. The molecule has 122 valence electrons. The van der Waals surface area contributed by atoms with Gasteiger partial charge in [-0.05, 0) is 30.9 Å². The summed E-state index contributed by atoms with van der Waals surface area (Å²) < 4.78 is 6.43. The van der Waals surface area contributed by atoms with Crippen molar-refractivity contribution in [3.8, 4) is 11.3 Å². The van der Waals surface area contributed by atoms with Crippen LogP contribution in [-0.4, -0.2) is 22.9 Å². The van der Waals surface area contributed by atoms with E-state index in [1.54, 1.807) is 28.9 Å². The fourth-order valence-corrected chi connectivity index (χ4v) is 2.60. The van der Waals surface area contributed by atoms with Crippen LogP contribution in [-0.2, 0) is 15.1 Å². The summed E-state index contributed by atoms with van der Waals surface area (Å²) in [7, 11) is 1.32. The van der Waals surface area contributed by atoms with Gasteiger partial charge in [0.2, 0.25) is 0 Å². The largest absolute Gasteiger partial charge is 0.465 e. The van der Waals surface area contributed by atoms with Gasteiger partial charge in [0.1, 0.15) is 11.5 Å². The Bertz CT molecular complexity index is 868. The molecule has 0 aliphatic heterocycles. The second kappa shape index (κ2) is 5.53. The maximum atomic E-state index is 11.5. The maximum Gasteiger partial charge on any atom is 0.337 e. The molecular weight excluding hydrogens is 304 g/mol. The van der Waals surface area contributed by atoms with Gasteiger partial charge in [0, 0.05) is 0 Å². The molecule has 0 saturated heterocycles. The number of hydrogen-bond acceptors (Lipinski definition) is 4. The number of carbonyl (C=O) groups excluding carboxylic acids is 1. The molecule has 0 unspecified atom stereocenters. The van der Waals surface area contributed by atoms with Crippen molar-refractivity contribution >= 4 is 23.0 Å². The quantitative estimate of drug-likeness (QED) is 0.532. The van der Waals surface area contributed by atoms with E-state index in [0.717, 1.165) is 18.4 Å². The molecule has 1 aromatic carbocycles. The van der Waals surface area contributed by atoms with Crippen molar-refractivity contribution in [2.24, 2.45) is 0 Å². The van der Waals surface area contributed by atoms with Crippen LogP contribution < -0.4 is 5.73 Å². The third kappa shape index (κ3) is 2.44. The van der Waals surface area contributed by atoms with Crippen LogP contribution in [0, 0.1) is 6.57 Å². The smallest absolute Gasteiger partial charge is 0.337 e. The molecule has 0 radical (unpaired) electrons. The molecule has 0 spiro atoms. The van der Waals surface area contributed by atoms with Crippen molar-refractivity contribution in [2.45, 2.75) is 25.3 Å². The number of anilines is 1. The van der Waals surface area contributed by atoms with E-state index in [0.29, 0.717) is 22.8 Å². The van der Waals surface area contributed by atoms with E-state index in [2.05, 4.69) is 28.2 Å². The molecule has 1 fully saturated rings. The van der Waals surface area contributed by atoms with E-state index < -0.39 is 5.97 Å². The normalized spacial score (nSPS) is 14.7. The Morgan fingerprint density at radius 3 is 2.54 bits per heavy atom. The van der Waals surface area contributed by atoms with Crippen LogP contribution in [0.1, 0.15) is 25.3 Å². The molecule has 2 N–H and O–H groups in total. The van der Waals surface area contributed by atoms with E-state index in [1.807, 2.05) is 0 Å². The minimum absolute atomic E-state index is 0.0825. The zero-order chi connectivity index (χ0) is 17.5. The fourth-order valence-electron chi connectivity index (χ4n) is 2.60. The predicted molar refractivity (Wildman–Crippen MR) is 92.3 cm³/mol. The van der Waals surface area contributed by atoms with Gasteiger partial charge in [0.15, 0.2) is 0 Å². The van der Waals surface area contributed by atoms with Crippen molar-refractivity contribution in [1.29, 1.82) is 0 Å². The van der Waals surface area contributed by atoms with E-state index in [4.69, 9.17) is 12.3 Å². The number of esters is 1. The summed E-state index contributed by atoms with van der Waals surface area (Å²) in [6, 6.07) is 7.13. The molecule has 6 heteroatoms. The minimum Gasteiger partial charge on any atom is -0.465 e. The van der Waals surface area contributed by atoms with Crippen LogP contribution in [0.25, 0.3) is 21.7 Å². The average molecular weight is 322 g/mol. The van der Waals surface area contributed by atoms with Gasteiger partial charge in [-0.15, -0.1) is 0 Å². The highest BCUT2D eigenvalue weighted by Gasteiger charge is 2.42. The van der Waals surface area contributed by atoms with E-state index in [1.165, 1.54) is 7.11 Å². The number of nitrogens with zero attached hydrogens (tertiary/aromatic N) is 3. The topological polar surface area (TPSA) is 74.5 Å². The highest BCUT2D eigenvalue weighted by atomic mass is 16.5. The van der Waals surface area contributed by atoms with E-state index in [9.17, 15) is 4.79 Å². The molecular formula is C18H18N4O2. The number of ether oxygens (including phenoxy) is 1. The van der Waals surface area contributed by atoms with Gasteiger partial charge in [0.25, 0.3) is 5.69 Å². The Kier molecular flexibility index (Phi) is 3.64. The van der Waals surface area contributed by atoms with Gasteiger partial charge >= 0.3 is 5.97 Å². The van der Waals surface area contributed by atoms with Crippen LogP contribution >= 0.6 is 0 Å². The Labute approximate surface area is 140 Å². The summed E-state index contributed by atoms with van der Waals surface area (Å²) in [5, 5.41) is 4.57. The number of aromatic nitrogens is 2. The minimum atomic E-state index is -0.472. The number of nitrogen functional groups attached to an aromatic ring is 1. The van der Waals surface area contributed by atoms with E-state index >= 15 is 0 Å². The molecule has 1 heterocycles. The lowest BCUT2D eigenvalue weighted by atomic mass is 10.0. The van der Waals surface area contributed by atoms with Gasteiger partial charge in [-0.1, -0.05) is 30.8 Å². The highest BCUT2D eigenvalue weighted by molar-refractivity contribution is 6.15. The van der Waals surface area contributed by atoms with Crippen LogP contribution in [0.15, 0.2) is 30.8 Å². The molecule has 1 aliphatic carbocycles. The Morgan fingerprint density at radius 2 is 2.04 bits per heavy atom. The number of benzene rings is 1. The first-order valence-corrected chi connectivity index (χ1v) is 7.56. The first kappa shape index (κ1) is 15.8. The lowest BCUT2D eigenvalue weighted by Gasteiger charge is -2.11. The number of nitrogens with two attached hydrogens (primary N) is 1. The number of hydrogen-bond donors (Lipinski definition) is 1. The molecule has 6 nitrogen and oxygen atoms in total. The summed E-state index contributed by atoms with van der Waals surface area (Å²) in [6.07, 6.45) is 2.02. The monoisotopic (exact) mass is 322 g/mol. The van der Waals surface area contributed by atoms with Gasteiger partial charge in [-0.3, -0.25) is 4.68 Å². The number of rotatable bonds is 4. The van der Waals surface area contributed by atoms with Gasteiger partial charge in [-0.2, -0.15) is 5.10 Å². The summed E-state index contributed by atoms with van der Waals surface area (Å²) in [4.78, 5) is 15.1. The second-order valence-electron chi connectivity index (χ2n) is 6.15. The van der Waals surface area contributed by atoms with Gasteiger partial charge in [0.05, 0.1) is 24.8 Å². The molecule has 0 amide bonds. The van der Waals surface area contributed by atoms with Crippen molar-refractivity contribution < 1.29 is 9.53 Å². The third-order valence-electron chi connectivity index (χ3n) is 4.43. The lowest BCUT2D eigenvalue weighted by Crippen LogP contribution is -2.16. The third-order valence-corrected chi connectivity index (χ3v) is 4.43. The number of carbonyl (C=O) groups is 1. The molecule has 0 atom stereocenters. The lowest BCUT2D eigenvalue weighted by molar-refractivity contribution is -0.133. The fraction of sp³-hybridized carbons (Fsp3) is 0.278. The molecule has 3 rings (SSSR count). The average Bonchev–Trinajstić information content (AvgIpc) is 3.25. The SMILES string of the molecule is [C-]#[N+]c1c(-c2ccc(C(=C)C(=O)OC)cc2)nn(C2(C)CC2)c1N. The van der Waals surface area contributed by atoms with Crippen LogP contribution in [0.3, 0.4) is 0 Å². The summed E-state index contributed by atoms with van der Waals surface area (Å²) >= 11 is 0. The summed E-state index contributed by atoms with van der Waals surface area (Å²) in [6.45, 7) is 13.2. The maximum absolute atomic E-state index is 11.5. The Morgan fingerprint density at radius 1 is 1.42 bits per heavy atom. The molecule has 1 aromatic heterocycles. The standard InChI is InChI=1S/C18H18N4O2/c1-11(17(23)24-4)12-5-7-13(8-6-12)14-15(20-3)16(19)22(21-14)18(2)9-10-18/h5-8H,1,9-10,19H2,2,4H3. The highest BCUT2D eigenvalue weighted by Crippen LogP contribution is 2.47. The second-order valence-corrected chi connectivity index (χ2v) is 6.15.